The molecule has 0 atom stereocenters. The van der Waals surface area contributed by atoms with E-state index >= 15 is 0 Å². The Kier molecular flexibility index (Phi) is 12.1. The molecule has 0 saturated carbocycles. The summed E-state index contributed by atoms with van der Waals surface area (Å²) in [6.07, 6.45) is 13.8. The van der Waals surface area contributed by atoms with Gasteiger partial charge in [0.05, 0.1) is 0 Å². The van der Waals surface area contributed by atoms with E-state index < -0.39 is 0 Å². The van der Waals surface area contributed by atoms with Gasteiger partial charge in [0, 0.05) is 6.54 Å². The zero-order chi connectivity index (χ0) is 15.9. The van der Waals surface area contributed by atoms with Crippen molar-refractivity contribution in [2.45, 2.75) is 84.6 Å². The molecule has 22 heavy (non-hydrogen) atoms. The number of nitrogens with zero attached hydrogens (tertiary/aromatic N) is 1. The fourth-order valence-electron chi connectivity index (χ4n) is 2.99. The van der Waals surface area contributed by atoms with Gasteiger partial charge in [-0.2, -0.15) is 0 Å². The molecule has 0 aliphatic rings. The van der Waals surface area contributed by atoms with E-state index in [9.17, 15) is 0 Å². The molecule has 0 N–H and O–H groups in total. The van der Waals surface area contributed by atoms with Crippen LogP contribution in [0.3, 0.4) is 0 Å². The van der Waals surface area contributed by atoms with Crippen molar-refractivity contribution in [1.82, 2.24) is 4.90 Å². The van der Waals surface area contributed by atoms with Crippen molar-refractivity contribution >= 4 is 0 Å². The molecule has 0 spiro atoms. The summed E-state index contributed by atoms with van der Waals surface area (Å²) >= 11 is 0. The van der Waals surface area contributed by atoms with Crippen LogP contribution in [0.1, 0.15) is 83.6 Å². The van der Waals surface area contributed by atoms with E-state index in [0.717, 1.165) is 6.54 Å². The Hall–Kier alpha value is -0.820. The SMILES string of the molecule is CCCCCCCN(CCCCCCC)Cc1ccccc1. The first-order valence-electron chi connectivity index (χ1n) is 9.63. The van der Waals surface area contributed by atoms with E-state index in [1.807, 2.05) is 0 Å². The summed E-state index contributed by atoms with van der Waals surface area (Å²) in [5.74, 6) is 0. The number of hydrogen-bond donors (Lipinski definition) is 0. The first-order valence-corrected chi connectivity index (χ1v) is 9.63. The van der Waals surface area contributed by atoms with Crippen LogP contribution in [-0.4, -0.2) is 18.0 Å². The molecule has 126 valence electrons. The van der Waals surface area contributed by atoms with Crippen LogP contribution in [0.5, 0.6) is 0 Å². The van der Waals surface area contributed by atoms with Gasteiger partial charge in [-0.25, -0.2) is 0 Å². The van der Waals surface area contributed by atoms with E-state index in [1.54, 1.807) is 0 Å². The molecule has 0 aromatic heterocycles. The minimum absolute atomic E-state index is 1.13. The third kappa shape index (κ3) is 10.00. The summed E-state index contributed by atoms with van der Waals surface area (Å²) in [5.41, 5.74) is 1.46. The molecule has 1 aromatic rings. The first kappa shape index (κ1) is 19.2. The molecular weight excluding hydrogens is 266 g/mol. The molecule has 1 aromatic carbocycles. The van der Waals surface area contributed by atoms with Crippen LogP contribution < -0.4 is 0 Å². The Bertz CT molecular complexity index is 319. The molecule has 1 rings (SSSR count). The average Bonchev–Trinajstić information content (AvgIpc) is 2.55. The minimum Gasteiger partial charge on any atom is -0.299 e. The van der Waals surface area contributed by atoms with Gasteiger partial charge in [-0.05, 0) is 31.5 Å². The van der Waals surface area contributed by atoms with Crippen molar-refractivity contribution in [1.29, 1.82) is 0 Å². The number of benzene rings is 1. The lowest BCUT2D eigenvalue weighted by molar-refractivity contribution is 0.252. The highest BCUT2D eigenvalue weighted by Gasteiger charge is 2.05. The quantitative estimate of drug-likeness (QED) is 0.358. The van der Waals surface area contributed by atoms with Gasteiger partial charge < -0.3 is 0 Å². The summed E-state index contributed by atoms with van der Waals surface area (Å²) in [4.78, 5) is 2.67. The Balaban J connectivity index is 2.29. The fraction of sp³-hybridized carbons (Fsp3) is 0.714. The van der Waals surface area contributed by atoms with Gasteiger partial charge in [-0.1, -0.05) is 95.5 Å². The molecule has 1 heteroatoms. The Morgan fingerprint density at radius 3 is 1.64 bits per heavy atom. The summed E-state index contributed by atoms with van der Waals surface area (Å²) in [6.45, 7) is 8.25. The Morgan fingerprint density at radius 1 is 0.636 bits per heavy atom. The monoisotopic (exact) mass is 303 g/mol. The molecule has 0 fully saturated rings. The van der Waals surface area contributed by atoms with E-state index in [2.05, 4.69) is 49.1 Å². The minimum atomic E-state index is 1.13. The van der Waals surface area contributed by atoms with Crippen LogP contribution in [0.25, 0.3) is 0 Å². The summed E-state index contributed by atoms with van der Waals surface area (Å²) in [5, 5.41) is 0. The van der Waals surface area contributed by atoms with Gasteiger partial charge in [-0.3, -0.25) is 4.90 Å². The van der Waals surface area contributed by atoms with Gasteiger partial charge >= 0.3 is 0 Å². The molecule has 0 bridgehead atoms. The van der Waals surface area contributed by atoms with Crippen molar-refractivity contribution in [3.8, 4) is 0 Å². The molecule has 0 saturated heterocycles. The lowest BCUT2D eigenvalue weighted by Crippen LogP contribution is -2.25. The number of hydrogen-bond acceptors (Lipinski definition) is 1. The average molecular weight is 304 g/mol. The zero-order valence-corrected chi connectivity index (χ0v) is 15.0. The van der Waals surface area contributed by atoms with Gasteiger partial charge in [-0.15, -0.1) is 0 Å². The normalized spacial score (nSPS) is 11.2. The maximum Gasteiger partial charge on any atom is 0.0233 e. The van der Waals surface area contributed by atoms with Crippen molar-refractivity contribution in [3.05, 3.63) is 35.9 Å². The van der Waals surface area contributed by atoms with Gasteiger partial charge in [0.25, 0.3) is 0 Å². The van der Waals surface area contributed by atoms with E-state index in [0.29, 0.717) is 0 Å². The Labute approximate surface area is 139 Å². The molecule has 0 radical (unpaired) electrons. The zero-order valence-electron chi connectivity index (χ0n) is 15.0. The van der Waals surface area contributed by atoms with Crippen molar-refractivity contribution in [2.24, 2.45) is 0 Å². The predicted molar refractivity (Wildman–Crippen MR) is 99.2 cm³/mol. The number of unbranched alkanes of at least 4 members (excludes halogenated alkanes) is 8. The standard InChI is InChI=1S/C21H37N/c1-3-5-7-9-14-18-22(19-15-10-8-6-4-2)20-21-16-12-11-13-17-21/h11-13,16-17H,3-10,14-15,18-20H2,1-2H3. The van der Waals surface area contributed by atoms with Crippen LogP contribution in [0, 0.1) is 0 Å². The highest BCUT2D eigenvalue weighted by atomic mass is 15.1. The van der Waals surface area contributed by atoms with E-state index in [-0.39, 0.29) is 0 Å². The molecule has 0 heterocycles. The topological polar surface area (TPSA) is 3.24 Å². The molecule has 0 amide bonds. The maximum atomic E-state index is 2.67. The summed E-state index contributed by atoms with van der Waals surface area (Å²) < 4.78 is 0. The first-order chi connectivity index (χ1) is 10.9. The second-order valence-electron chi connectivity index (χ2n) is 6.59. The second-order valence-corrected chi connectivity index (χ2v) is 6.59. The summed E-state index contributed by atoms with van der Waals surface area (Å²) in [7, 11) is 0. The highest BCUT2D eigenvalue weighted by Crippen LogP contribution is 2.11. The second kappa shape index (κ2) is 13.8. The third-order valence-electron chi connectivity index (χ3n) is 4.40. The Morgan fingerprint density at radius 2 is 1.14 bits per heavy atom. The summed E-state index contributed by atoms with van der Waals surface area (Å²) in [6, 6.07) is 11.0. The van der Waals surface area contributed by atoms with Crippen LogP contribution in [-0.2, 0) is 6.54 Å². The van der Waals surface area contributed by atoms with Crippen molar-refractivity contribution in [3.63, 3.8) is 0 Å². The molecule has 0 unspecified atom stereocenters. The van der Waals surface area contributed by atoms with E-state index in [1.165, 1.54) is 82.9 Å². The number of rotatable bonds is 14. The van der Waals surface area contributed by atoms with Crippen LogP contribution >= 0.6 is 0 Å². The predicted octanol–water partition coefficient (Wildman–Crippen LogP) is 6.43. The lowest BCUT2D eigenvalue weighted by atomic mass is 10.1. The smallest absolute Gasteiger partial charge is 0.0233 e. The lowest BCUT2D eigenvalue weighted by Gasteiger charge is -2.22. The molecule has 0 aliphatic carbocycles. The van der Waals surface area contributed by atoms with Crippen LogP contribution in [0.15, 0.2) is 30.3 Å². The van der Waals surface area contributed by atoms with Crippen LogP contribution in [0.2, 0.25) is 0 Å². The highest BCUT2D eigenvalue weighted by molar-refractivity contribution is 5.14. The van der Waals surface area contributed by atoms with Crippen LogP contribution in [0.4, 0.5) is 0 Å². The van der Waals surface area contributed by atoms with Crippen molar-refractivity contribution < 1.29 is 0 Å². The maximum absolute atomic E-state index is 2.67. The van der Waals surface area contributed by atoms with Gasteiger partial charge in [0.15, 0.2) is 0 Å². The van der Waals surface area contributed by atoms with Gasteiger partial charge in [0.2, 0.25) is 0 Å². The molecule has 0 aliphatic heterocycles. The third-order valence-corrected chi connectivity index (χ3v) is 4.40. The van der Waals surface area contributed by atoms with Gasteiger partial charge in [0.1, 0.15) is 0 Å². The fourth-order valence-corrected chi connectivity index (χ4v) is 2.99. The molecule has 1 nitrogen and oxygen atoms in total. The van der Waals surface area contributed by atoms with Crippen molar-refractivity contribution in [2.75, 3.05) is 13.1 Å². The largest absolute Gasteiger partial charge is 0.299 e. The molecular formula is C21H37N. The van der Waals surface area contributed by atoms with E-state index in [4.69, 9.17) is 0 Å².